The minimum atomic E-state index is -0.575. The maximum absolute atomic E-state index is 10.6. The number of fused-ring (bicyclic) bond motifs is 1. The molecule has 0 aliphatic heterocycles. The van der Waals surface area contributed by atoms with Crippen LogP contribution in [0.25, 0.3) is 0 Å². The van der Waals surface area contributed by atoms with E-state index in [1.165, 1.54) is 6.42 Å². The van der Waals surface area contributed by atoms with Gasteiger partial charge in [0.1, 0.15) is 0 Å². The Kier molecular flexibility index (Phi) is 2.24. The molecule has 0 bridgehead atoms. The van der Waals surface area contributed by atoms with E-state index < -0.39 is 6.03 Å². The van der Waals surface area contributed by atoms with Crippen molar-refractivity contribution in [3.63, 3.8) is 0 Å². The Hall–Kier alpha value is -1.06. The van der Waals surface area contributed by atoms with Crippen LogP contribution in [0.3, 0.4) is 0 Å². The zero-order valence-corrected chi connectivity index (χ0v) is 9.58. The summed E-state index contributed by atoms with van der Waals surface area (Å²) in [5, 5.41) is 4.10. The molecule has 0 spiro atoms. The Morgan fingerprint density at radius 1 is 1.67 bits per heavy atom. The van der Waals surface area contributed by atoms with Crippen molar-refractivity contribution in [2.45, 2.75) is 33.6 Å². The fourth-order valence-corrected chi connectivity index (χ4v) is 3.10. The largest absolute Gasteiger partial charge is 0.350 e. The average molecular weight is 209 g/mol. The molecule has 0 aromatic heterocycles. The summed E-state index contributed by atoms with van der Waals surface area (Å²) in [6.07, 6.45) is 2.35. The van der Waals surface area contributed by atoms with Gasteiger partial charge in [-0.1, -0.05) is 20.8 Å². The molecule has 0 unspecified atom stereocenters. The van der Waals surface area contributed by atoms with Gasteiger partial charge in [0.15, 0.2) is 0 Å². The molecule has 0 saturated heterocycles. The maximum Gasteiger partial charge on any atom is 0.332 e. The van der Waals surface area contributed by atoms with E-state index in [2.05, 4.69) is 31.3 Å². The molecule has 0 heterocycles. The Morgan fingerprint density at radius 2 is 2.33 bits per heavy atom. The highest BCUT2D eigenvalue weighted by molar-refractivity contribution is 5.92. The van der Waals surface area contributed by atoms with E-state index in [1.54, 1.807) is 0 Å². The van der Waals surface area contributed by atoms with Crippen molar-refractivity contribution in [1.29, 1.82) is 0 Å². The third kappa shape index (κ3) is 1.52. The fraction of sp³-hybridized carbons (Fsp3) is 0.818. The molecule has 2 amide bonds. The number of primary amides is 1. The Labute approximate surface area is 90.3 Å². The van der Waals surface area contributed by atoms with Crippen LogP contribution in [0, 0.1) is 23.2 Å². The average Bonchev–Trinajstić information content (AvgIpc) is 2.81. The molecule has 2 aliphatic carbocycles. The molecule has 2 aliphatic rings. The van der Waals surface area contributed by atoms with E-state index in [-0.39, 0.29) is 0 Å². The van der Waals surface area contributed by atoms with Crippen LogP contribution in [0.15, 0.2) is 5.10 Å². The summed E-state index contributed by atoms with van der Waals surface area (Å²) in [7, 11) is 0. The number of hydrogen-bond donors (Lipinski definition) is 2. The van der Waals surface area contributed by atoms with E-state index >= 15 is 0 Å². The van der Waals surface area contributed by atoms with Gasteiger partial charge in [-0.3, -0.25) is 0 Å². The SMILES string of the molecule is CC(C)[C@]12CC(=NNC(N)=O)[C@H](C)[C@H]1C2. The molecule has 4 nitrogen and oxygen atoms in total. The summed E-state index contributed by atoms with van der Waals surface area (Å²) in [6.45, 7) is 6.75. The van der Waals surface area contributed by atoms with Crippen LogP contribution in [0.1, 0.15) is 33.6 Å². The second-order valence-electron chi connectivity index (χ2n) is 5.24. The van der Waals surface area contributed by atoms with Gasteiger partial charge in [-0.2, -0.15) is 5.10 Å². The summed E-state index contributed by atoms with van der Waals surface area (Å²) in [5.74, 6) is 1.97. The molecule has 4 heteroatoms. The summed E-state index contributed by atoms with van der Waals surface area (Å²) in [4.78, 5) is 10.6. The number of urea groups is 1. The van der Waals surface area contributed by atoms with Gasteiger partial charge >= 0.3 is 6.03 Å². The zero-order chi connectivity index (χ0) is 11.2. The minimum Gasteiger partial charge on any atom is -0.350 e. The quantitative estimate of drug-likeness (QED) is 0.668. The first-order valence-electron chi connectivity index (χ1n) is 5.59. The topological polar surface area (TPSA) is 67.5 Å². The number of carbonyl (C=O) groups is 1. The lowest BCUT2D eigenvalue weighted by Gasteiger charge is -2.15. The van der Waals surface area contributed by atoms with Crippen LogP contribution in [-0.4, -0.2) is 11.7 Å². The van der Waals surface area contributed by atoms with Crippen LogP contribution in [-0.2, 0) is 0 Å². The second kappa shape index (κ2) is 3.22. The molecule has 3 N–H and O–H groups in total. The third-order valence-electron chi connectivity index (χ3n) is 4.28. The van der Waals surface area contributed by atoms with Gasteiger partial charge in [0, 0.05) is 5.71 Å². The second-order valence-corrected chi connectivity index (χ2v) is 5.24. The lowest BCUT2D eigenvalue weighted by Crippen LogP contribution is -2.27. The fourth-order valence-electron chi connectivity index (χ4n) is 3.10. The molecule has 0 aromatic rings. The van der Waals surface area contributed by atoms with Gasteiger partial charge in [-0.25, -0.2) is 10.2 Å². The van der Waals surface area contributed by atoms with Crippen molar-refractivity contribution < 1.29 is 4.79 Å². The van der Waals surface area contributed by atoms with E-state index in [0.29, 0.717) is 17.3 Å². The molecule has 15 heavy (non-hydrogen) atoms. The lowest BCUT2D eigenvalue weighted by atomic mass is 9.90. The van der Waals surface area contributed by atoms with Crippen molar-refractivity contribution in [2.24, 2.45) is 34.0 Å². The summed E-state index contributed by atoms with van der Waals surface area (Å²) in [5.41, 5.74) is 8.92. The number of nitrogens with one attached hydrogen (secondary N) is 1. The number of nitrogens with zero attached hydrogens (tertiary/aromatic N) is 1. The molecule has 0 aromatic carbocycles. The Balaban J connectivity index is 2.07. The number of nitrogens with two attached hydrogens (primary N) is 1. The highest BCUT2D eigenvalue weighted by Crippen LogP contribution is 2.68. The number of hydrazone groups is 1. The van der Waals surface area contributed by atoms with Gasteiger partial charge in [0.25, 0.3) is 0 Å². The molecule has 2 saturated carbocycles. The first-order chi connectivity index (χ1) is 6.97. The standard InChI is InChI=1S/C11H19N3O/c1-6(2)11-4-8(11)7(3)9(5-11)13-14-10(12)15/h6-8H,4-5H2,1-3H3,(H3,12,14,15)/t7-,8-,11+/m1/s1. The molecule has 2 rings (SSSR count). The van der Waals surface area contributed by atoms with Gasteiger partial charge in [-0.05, 0) is 36.0 Å². The first kappa shape index (κ1) is 10.5. The maximum atomic E-state index is 10.6. The highest BCUT2D eigenvalue weighted by Gasteiger charge is 2.63. The molecular formula is C11H19N3O. The van der Waals surface area contributed by atoms with Crippen molar-refractivity contribution in [1.82, 2.24) is 5.43 Å². The highest BCUT2D eigenvalue weighted by atomic mass is 16.2. The van der Waals surface area contributed by atoms with Crippen molar-refractivity contribution in [3.8, 4) is 0 Å². The third-order valence-corrected chi connectivity index (χ3v) is 4.28. The van der Waals surface area contributed by atoms with E-state index in [4.69, 9.17) is 5.73 Å². The van der Waals surface area contributed by atoms with Gasteiger partial charge in [-0.15, -0.1) is 0 Å². The van der Waals surface area contributed by atoms with Gasteiger partial charge in [0.05, 0.1) is 0 Å². The molecule has 84 valence electrons. The summed E-state index contributed by atoms with van der Waals surface area (Å²) in [6, 6.07) is -0.575. The number of rotatable bonds is 2. The molecular weight excluding hydrogens is 190 g/mol. The minimum absolute atomic E-state index is 0.470. The summed E-state index contributed by atoms with van der Waals surface area (Å²) >= 11 is 0. The van der Waals surface area contributed by atoms with Crippen LogP contribution >= 0.6 is 0 Å². The van der Waals surface area contributed by atoms with E-state index in [1.807, 2.05) is 0 Å². The smallest absolute Gasteiger partial charge is 0.332 e. The van der Waals surface area contributed by atoms with Gasteiger partial charge < -0.3 is 5.73 Å². The van der Waals surface area contributed by atoms with Crippen LogP contribution in [0.4, 0.5) is 4.79 Å². The monoisotopic (exact) mass is 209 g/mol. The Bertz CT molecular complexity index is 324. The number of amides is 2. The predicted molar refractivity (Wildman–Crippen MR) is 59.3 cm³/mol. The molecule has 0 radical (unpaired) electrons. The number of hydrogen-bond acceptors (Lipinski definition) is 2. The predicted octanol–water partition coefficient (Wildman–Crippen LogP) is 1.71. The van der Waals surface area contributed by atoms with Crippen molar-refractivity contribution >= 4 is 11.7 Å². The Morgan fingerprint density at radius 3 is 2.80 bits per heavy atom. The van der Waals surface area contributed by atoms with Crippen LogP contribution < -0.4 is 11.2 Å². The first-order valence-corrected chi connectivity index (χ1v) is 5.59. The van der Waals surface area contributed by atoms with E-state index in [0.717, 1.165) is 18.1 Å². The number of carbonyl (C=O) groups excluding carboxylic acids is 1. The van der Waals surface area contributed by atoms with Crippen molar-refractivity contribution in [3.05, 3.63) is 0 Å². The van der Waals surface area contributed by atoms with Crippen LogP contribution in [0.5, 0.6) is 0 Å². The van der Waals surface area contributed by atoms with Gasteiger partial charge in [0.2, 0.25) is 0 Å². The zero-order valence-electron chi connectivity index (χ0n) is 9.58. The van der Waals surface area contributed by atoms with Crippen molar-refractivity contribution in [2.75, 3.05) is 0 Å². The van der Waals surface area contributed by atoms with E-state index in [9.17, 15) is 4.79 Å². The molecule has 2 fully saturated rings. The van der Waals surface area contributed by atoms with Crippen LogP contribution in [0.2, 0.25) is 0 Å². The lowest BCUT2D eigenvalue weighted by molar-refractivity contribution is 0.249. The summed E-state index contributed by atoms with van der Waals surface area (Å²) < 4.78 is 0. The normalized spacial score (nSPS) is 40.7. The molecule has 3 atom stereocenters.